The van der Waals surface area contributed by atoms with Gasteiger partial charge >= 0.3 is 0 Å². The summed E-state index contributed by atoms with van der Waals surface area (Å²) in [6, 6.07) is 15.5. The van der Waals surface area contributed by atoms with Crippen LogP contribution in [0, 0.1) is 5.41 Å². The van der Waals surface area contributed by atoms with Gasteiger partial charge in [-0.25, -0.2) is 0 Å². The second-order valence-corrected chi connectivity index (χ2v) is 7.30. The third-order valence-corrected chi connectivity index (χ3v) is 5.29. The van der Waals surface area contributed by atoms with Gasteiger partial charge in [0.1, 0.15) is 16.9 Å². The first-order chi connectivity index (χ1) is 14.1. The smallest absolute Gasteiger partial charge is 0.235 e. The van der Waals surface area contributed by atoms with Gasteiger partial charge in [0.05, 0.1) is 14.2 Å². The van der Waals surface area contributed by atoms with Crippen molar-refractivity contribution in [3.63, 3.8) is 0 Å². The van der Waals surface area contributed by atoms with Crippen molar-refractivity contribution in [1.29, 1.82) is 0 Å². The molecule has 3 rings (SSSR count). The molecule has 1 fully saturated rings. The van der Waals surface area contributed by atoms with Gasteiger partial charge in [-0.2, -0.15) is 0 Å². The maximum absolute atomic E-state index is 12.6. The molecule has 0 saturated heterocycles. The van der Waals surface area contributed by atoms with Crippen LogP contribution < -0.4 is 20.1 Å². The average molecular weight is 396 g/mol. The second-order valence-electron chi connectivity index (χ2n) is 7.30. The molecule has 6 nitrogen and oxygen atoms in total. The number of hydrogen-bond donors (Lipinski definition) is 2. The van der Waals surface area contributed by atoms with Crippen molar-refractivity contribution in [2.45, 2.75) is 25.7 Å². The van der Waals surface area contributed by atoms with Crippen LogP contribution in [0.25, 0.3) is 0 Å². The highest BCUT2D eigenvalue weighted by molar-refractivity contribution is 6.07. The summed E-state index contributed by atoms with van der Waals surface area (Å²) in [5, 5.41) is 5.84. The van der Waals surface area contributed by atoms with Crippen LogP contribution in [0.5, 0.6) is 11.5 Å². The quantitative estimate of drug-likeness (QED) is 0.605. The lowest BCUT2D eigenvalue weighted by Gasteiger charge is -2.15. The lowest BCUT2D eigenvalue weighted by atomic mass is 10.0. The van der Waals surface area contributed by atoms with Gasteiger partial charge in [0.25, 0.3) is 0 Å². The zero-order valence-corrected chi connectivity index (χ0v) is 17.0. The van der Waals surface area contributed by atoms with Gasteiger partial charge in [0.15, 0.2) is 0 Å². The first-order valence-corrected chi connectivity index (χ1v) is 9.90. The first-order valence-electron chi connectivity index (χ1n) is 9.90. The molecule has 1 saturated carbocycles. The summed E-state index contributed by atoms with van der Waals surface area (Å²) >= 11 is 0. The molecule has 2 amide bonds. The van der Waals surface area contributed by atoms with E-state index in [4.69, 9.17) is 9.47 Å². The number of benzene rings is 2. The monoisotopic (exact) mass is 396 g/mol. The van der Waals surface area contributed by atoms with Gasteiger partial charge in [-0.15, -0.1) is 0 Å². The SMILES string of the molecule is COc1cccc(CCNC(=O)C2(C(=O)NCCc3cccc(OC)c3)CC2)c1. The van der Waals surface area contributed by atoms with E-state index in [0.29, 0.717) is 38.8 Å². The van der Waals surface area contributed by atoms with Crippen molar-refractivity contribution in [1.82, 2.24) is 10.6 Å². The summed E-state index contributed by atoms with van der Waals surface area (Å²) in [5.74, 6) is 1.23. The van der Waals surface area contributed by atoms with E-state index in [-0.39, 0.29) is 11.8 Å². The summed E-state index contributed by atoms with van der Waals surface area (Å²) in [6.07, 6.45) is 2.58. The maximum Gasteiger partial charge on any atom is 0.235 e. The molecule has 2 aromatic rings. The number of hydrogen-bond acceptors (Lipinski definition) is 4. The fraction of sp³-hybridized carbons (Fsp3) is 0.391. The van der Waals surface area contributed by atoms with E-state index in [2.05, 4.69) is 10.6 Å². The standard InChI is InChI=1S/C23H28N2O4/c1-28-19-7-3-5-17(15-19)9-13-24-21(26)23(11-12-23)22(27)25-14-10-18-6-4-8-20(16-18)29-2/h3-8,15-16H,9-14H2,1-2H3,(H,24,26)(H,25,27). The van der Waals surface area contributed by atoms with E-state index in [1.807, 2.05) is 48.5 Å². The molecular formula is C23H28N2O4. The Morgan fingerprint density at radius 1 is 0.828 bits per heavy atom. The molecule has 0 atom stereocenters. The predicted octanol–water partition coefficient (Wildman–Crippen LogP) is 2.50. The number of ether oxygens (including phenoxy) is 2. The van der Waals surface area contributed by atoms with Gasteiger partial charge in [0.2, 0.25) is 11.8 Å². The van der Waals surface area contributed by atoms with E-state index in [9.17, 15) is 9.59 Å². The predicted molar refractivity (Wildman–Crippen MR) is 111 cm³/mol. The summed E-state index contributed by atoms with van der Waals surface area (Å²) < 4.78 is 10.4. The van der Waals surface area contributed by atoms with Crippen molar-refractivity contribution in [3.05, 3.63) is 59.7 Å². The molecular weight excluding hydrogens is 368 g/mol. The number of nitrogens with one attached hydrogen (secondary N) is 2. The minimum absolute atomic E-state index is 0.181. The molecule has 0 unspecified atom stereocenters. The van der Waals surface area contributed by atoms with Crippen molar-refractivity contribution in [2.24, 2.45) is 5.41 Å². The number of methoxy groups -OCH3 is 2. The molecule has 0 aliphatic heterocycles. The number of amides is 2. The maximum atomic E-state index is 12.6. The zero-order valence-electron chi connectivity index (χ0n) is 17.0. The molecule has 0 spiro atoms. The van der Waals surface area contributed by atoms with E-state index in [1.165, 1.54) is 0 Å². The van der Waals surface area contributed by atoms with Crippen molar-refractivity contribution < 1.29 is 19.1 Å². The molecule has 1 aliphatic carbocycles. The molecule has 1 aliphatic rings. The van der Waals surface area contributed by atoms with Crippen LogP contribution in [0.2, 0.25) is 0 Å². The molecule has 154 valence electrons. The highest BCUT2D eigenvalue weighted by Gasteiger charge is 2.56. The molecule has 6 heteroatoms. The van der Waals surface area contributed by atoms with Gasteiger partial charge < -0.3 is 20.1 Å². The minimum Gasteiger partial charge on any atom is -0.497 e. The Hall–Kier alpha value is -3.02. The van der Waals surface area contributed by atoms with E-state index >= 15 is 0 Å². The average Bonchev–Trinajstić information content (AvgIpc) is 3.56. The Bertz CT molecular complexity index is 794. The summed E-state index contributed by atoms with van der Waals surface area (Å²) in [4.78, 5) is 25.2. The second kappa shape index (κ2) is 9.45. The highest BCUT2D eigenvalue weighted by Crippen LogP contribution is 2.46. The summed E-state index contributed by atoms with van der Waals surface area (Å²) in [6.45, 7) is 0.982. The molecule has 0 heterocycles. The molecule has 0 bridgehead atoms. The van der Waals surface area contributed by atoms with Crippen molar-refractivity contribution in [2.75, 3.05) is 27.3 Å². The van der Waals surface area contributed by atoms with Crippen LogP contribution in [0.4, 0.5) is 0 Å². The van der Waals surface area contributed by atoms with Gasteiger partial charge in [0, 0.05) is 13.1 Å². The van der Waals surface area contributed by atoms with Crippen LogP contribution >= 0.6 is 0 Å². The number of carbonyl (C=O) groups excluding carboxylic acids is 2. The van der Waals surface area contributed by atoms with Gasteiger partial charge in [-0.3, -0.25) is 9.59 Å². The third-order valence-electron chi connectivity index (χ3n) is 5.29. The molecule has 2 aromatic carbocycles. The third kappa shape index (κ3) is 5.28. The van der Waals surface area contributed by atoms with Crippen molar-refractivity contribution in [3.8, 4) is 11.5 Å². The fourth-order valence-electron chi connectivity index (χ4n) is 3.32. The van der Waals surface area contributed by atoms with Crippen LogP contribution in [-0.2, 0) is 22.4 Å². The summed E-state index contributed by atoms with van der Waals surface area (Å²) in [5.41, 5.74) is 1.26. The first kappa shape index (κ1) is 20.7. The van der Waals surface area contributed by atoms with E-state index < -0.39 is 5.41 Å². The Balaban J connectivity index is 1.44. The van der Waals surface area contributed by atoms with Crippen LogP contribution in [0.3, 0.4) is 0 Å². The Morgan fingerprint density at radius 3 is 1.66 bits per heavy atom. The highest BCUT2D eigenvalue weighted by atomic mass is 16.5. The van der Waals surface area contributed by atoms with Gasteiger partial charge in [-0.05, 0) is 61.1 Å². The zero-order chi connectivity index (χ0) is 20.7. The molecule has 29 heavy (non-hydrogen) atoms. The molecule has 0 aromatic heterocycles. The fourth-order valence-corrected chi connectivity index (χ4v) is 3.32. The van der Waals surface area contributed by atoms with Crippen LogP contribution in [0.15, 0.2) is 48.5 Å². The number of rotatable bonds is 10. The largest absolute Gasteiger partial charge is 0.497 e. The Labute approximate surface area is 171 Å². The lowest BCUT2D eigenvalue weighted by molar-refractivity contribution is -0.137. The van der Waals surface area contributed by atoms with Crippen LogP contribution in [-0.4, -0.2) is 39.1 Å². The van der Waals surface area contributed by atoms with Gasteiger partial charge in [-0.1, -0.05) is 24.3 Å². The van der Waals surface area contributed by atoms with E-state index in [1.54, 1.807) is 14.2 Å². The molecule has 0 radical (unpaired) electrons. The topological polar surface area (TPSA) is 76.7 Å². The summed E-state index contributed by atoms with van der Waals surface area (Å²) in [7, 11) is 3.26. The minimum atomic E-state index is -0.900. The lowest BCUT2D eigenvalue weighted by Crippen LogP contribution is -2.44. The number of carbonyl (C=O) groups is 2. The normalized spacial score (nSPS) is 14.0. The Kier molecular flexibility index (Phi) is 6.75. The van der Waals surface area contributed by atoms with Crippen molar-refractivity contribution >= 4 is 11.8 Å². The van der Waals surface area contributed by atoms with E-state index in [0.717, 1.165) is 22.6 Å². The molecule has 2 N–H and O–H groups in total. The van der Waals surface area contributed by atoms with Crippen LogP contribution in [0.1, 0.15) is 24.0 Å². The Morgan fingerprint density at radius 2 is 1.28 bits per heavy atom.